The molecule has 31 heavy (non-hydrogen) atoms. The molecule has 1 unspecified atom stereocenters. The number of likely N-dealkylation sites (tertiary alicyclic amines) is 1. The van der Waals surface area contributed by atoms with Crippen LogP contribution in [0.3, 0.4) is 0 Å². The fourth-order valence-electron chi connectivity index (χ4n) is 5.12. The van der Waals surface area contributed by atoms with Gasteiger partial charge in [-0.05, 0) is 44.6 Å². The molecule has 1 spiro atoms. The maximum Gasteiger partial charge on any atom is 0.188 e. The zero-order chi connectivity index (χ0) is 21.3. The molecule has 0 amide bonds. The van der Waals surface area contributed by atoms with Crippen molar-refractivity contribution in [2.75, 3.05) is 64.4 Å². The van der Waals surface area contributed by atoms with Gasteiger partial charge >= 0.3 is 0 Å². The predicted octanol–water partition coefficient (Wildman–Crippen LogP) is 2.77. The van der Waals surface area contributed by atoms with E-state index < -0.39 is 0 Å². The quantitative estimate of drug-likeness (QED) is 0.727. The molecule has 7 nitrogen and oxygen atoms in total. The van der Waals surface area contributed by atoms with Crippen molar-refractivity contribution in [3.05, 3.63) is 42.1 Å². The van der Waals surface area contributed by atoms with E-state index in [0.29, 0.717) is 36.7 Å². The number of morpholine rings is 1. The Morgan fingerprint density at radius 3 is 2.74 bits per heavy atom. The van der Waals surface area contributed by atoms with Crippen LogP contribution in [0.15, 0.2) is 30.7 Å². The van der Waals surface area contributed by atoms with Crippen molar-refractivity contribution in [1.82, 2.24) is 19.8 Å². The van der Waals surface area contributed by atoms with E-state index in [-0.39, 0.29) is 5.82 Å². The number of anilines is 1. The highest BCUT2D eigenvalue weighted by molar-refractivity contribution is 5.54. The molecule has 4 heterocycles. The predicted molar refractivity (Wildman–Crippen MR) is 116 cm³/mol. The fourth-order valence-corrected chi connectivity index (χ4v) is 5.12. The second-order valence-corrected chi connectivity index (χ2v) is 9.11. The van der Waals surface area contributed by atoms with Crippen LogP contribution in [0.1, 0.15) is 18.4 Å². The van der Waals surface area contributed by atoms with Crippen molar-refractivity contribution in [1.29, 1.82) is 0 Å². The third-order valence-corrected chi connectivity index (χ3v) is 6.77. The molecule has 1 aromatic carbocycles. The number of hydrogen-bond acceptors (Lipinski definition) is 7. The van der Waals surface area contributed by atoms with Crippen LogP contribution in [0.4, 0.5) is 10.2 Å². The van der Waals surface area contributed by atoms with E-state index in [4.69, 9.17) is 9.47 Å². The molecule has 0 radical (unpaired) electrons. The molecular formula is C23H30FN5O2. The molecule has 0 N–H and O–H groups in total. The number of halogens is 1. The van der Waals surface area contributed by atoms with Crippen LogP contribution < -0.4 is 9.64 Å². The summed E-state index contributed by atoms with van der Waals surface area (Å²) in [5.41, 5.74) is 1.17. The minimum atomic E-state index is -0.257. The topological polar surface area (TPSA) is 54.0 Å². The smallest absolute Gasteiger partial charge is 0.188 e. The summed E-state index contributed by atoms with van der Waals surface area (Å²) in [5, 5.41) is 0. The van der Waals surface area contributed by atoms with Crippen LogP contribution in [0.5, 0.6) is 11.5 Å². The lowest BCUT2D eigenvalue weighted by atomic mass is 9.86. The van der Waals surface area contributed by atoms with Crippen molar-refractivity contribution in [3.63, 3.8) is 0 Å². The van der Waals surface area contributed by atoms with Crippen molar-refractivity contribution in [3.8, 4) is 11.5 Å². The van der Waals surface area contributed by atoms with Gasteiger partial charge in [-0.1, -0.05) is 0 Å². The Kier molecular flexibility index (Phi) is 5.77. The Hall–Kier alpha value is -2.29. The van der Waals surface area contributed by atoms with Gasteiger partial charge in [-0.2, -0.15) is 0 Å². The fraction of sp³-hybridized carbons (Fsp3) is 0.565. The van der Waals surface area contributed by atoms with Crippen LogP contribution >= 0.6 is 0 Å². The van der Waals surface area contributed by atoms with Gasteiger partial charge in [0.1, 0.15) is 17.9 Å². The van der Waals surface area contributed by atoms with Gasteiger partial charge in [-0.3, -0.25) is 4.90 Å². The van der Waals surface area contributed by atoms with Gasteiger partial charge in [0.15, 0.2) is 11.6 Å². The van der Waals surface area contributed by atoms with Gasteiger partial charge in [-0.15, -0.1) is 0 Å². The molecule has 0 aliphatic carbocycles. The number of rotatable bonds is 5. The first-order valence-corrected chi connectivity index (χ1v) is 11.1. The number of ether oxygens (including phenoxy) is 2. The third kappa shape index (κ3) is 4.51. The normalized spacial score (nSPS) is 24.9. The summed E-state index contributed by atoms with van der Waals surface area (Å²) in [6.45, 7) is 7.93. The molecule has 3 saturated heterocycles. The number of nitrogens with zero attached hydrogens (tertiary/aromatic N) is 5. The second-order valence-electron chi connectivity index (χ2n) is 9.11. The van der Waals surface area contributed by atoms with Gasteiger partial charge in [0.2, 0.25) is 0 Å². The van der Waals surface area contributed by atoms with E-state index in [9.17, 15) is 4.39 Å². The summed E-state index contributed by atoms with van der Waals surface area (Å²) in [7, 11) is 2.20. The zero-order valence-corrected chi connectivity index (χ0v) is 18.1. The first-order chi connectivity index (χ1) is 15.1. The molecule has 0 bridgehead atoms. The molecule has 8 heteroatoms. The maximum absolute atomic E-state index is 14.0. The van der Waals surface area contributed by atoms with Crippen molar-refractivity contribution >= 4 is 5.82 Å². The van der Waals surface area contributed by atoms with E-state index in [1.165, 1.54) is 18.9 Å². The Morgan fingerprint density at radius 2 is 1.94 bits per heavy atom. The molecule has 3 aliphatic rings. The second kappa shape index (κ2) is 8.68. The summed E-state index contributed by atoms with van der Waals surface area (Å²) >= 11 is 0. The Labute approximate surface area is 182 Å². The van der Waals surface area contributed by atoms with Gasteiger partial charge in [0.05, 0.1) is 19.4 Å². The van der Waals surface area contributed by atoms with Crippen molar-refractivity contribution in [2.45, 2.75) is 19.4 Å². The number of benzene rings is 1. The average Bonchev–Trinajstić information content (AvgIpc) is 3.36. The highest BCUT2D eigenvalue weighted by Gasteiger charge is 2.43. The largest absolute Gasteiger partial charge is 0.451 e. The molecule has 1 atom stereocenters. The molecular weight excluding hydrogens is 397 g/mol. The molecule has 3 aliphatic heterocycles. The summed E-state index contributed by atoms with van der Waals surface area (Å²) in [5.74, 6) is 1.84. The molecule has 0 saturated carbocycles. The van der Waals surface area contributed by atoms with Crippen LogP contribution in [-0.2, 0) is 11.3 Å². The monoisotopic (exact) mass is 427 g/mol. The van der Waals surface area contributed by atoms with Gasteiger partial charge < -0.3 is 19.3 Å². The zero-order valence-electron chi connectivity index (χ0n) is 18.1. The summed E-state index contributed by atoms with van der Waals surface area (Å²) in [6, 6.07) is 4.72. The first-order valence-electron chi connectivity index (χ1n) is 11.1. The van der Waals surface area contributed by atoms with Gasteiger partial charge in [0.25, 0.3) is 0 Å². The van der Waals surface area contributed by atoms with Crippen LogP contribution in [0.2, 0.25) is 0 Å². The van der Waals surface area contributed by atoms with E-state index in [1.807, 2.05) is 0 Å². The summed E-state index contributed by atoms with van der Waals surface area (Å²) in [6.07, 6.45) is 5.69. The SMILES string of the molecule is CN1CCC2(CCN(c3ncncc3Oc3ccc(F)cc3CN3CCOCC3)C2)C1. The van der Waals surface area contributed by atoms with Crippen LogP contribution in [-0.4, -0.2) is 79.3 Å². The Bertz CT molecular complexity index is 923. The molecule has 5 rings (SSSR count). The van der Waals surface area contributed by atoms with E-state index >= 15 is 0 Å². The van der Waals surface area contributed by atoms with Gasteiger partial charge in [0, 0.05) is 50.2 Å². The summed E-state index contributed by atoms with van der Waals surface area (Å²) < 4.78 is 25.8. The highest BCUT2D eigenvalue weighted by atomic mass is 19.1. The minimum absolute atomic E-state index is 0.257. The standard InChI is InChI=1S/C23H30FN5O2/c1-27-6-4-23(15-27)5-7-29(16-23)22-21(13-25-17-26-22)31-20-3-2-19(24)12-18(20)14-28-8-10-30-11-9-28/h2-3,12-13,17H,4-11,14-16H2,1H3. The minimum Gasteiger partial charge on any atom is -0.451 e. The number of aromatic nitrogens is 2. The maximum atomic E-state index is 14.0. The van der Waals surface area contributed by atoms with Crippen molar-refractivity contribution in [2.24, 2.45) is 5.41 Å². The van der Waals surface area contributed by atoms with E-state index in [0.717, 1.165) is 50.6 Å². The third-order valence-electron chi connectivity index (χ3n) is 6.77. The Morgan fingerprint density at radius 1 is 1.10 bits per heavy atom. The first kappa shape index (κ1) is 20.6. The number of hydrogen-bond donors (Lipinski definition) is 0. The molecule has 2 aromatic rings. The lowest BCUT2D eigenvalue weighted by Gasteiger charge is -2.27. The van der Waals surface area contributed by atoms with E-state index in [2.05, 4.69) is 31.7 Å². The van der Waals surface area contributed by atoms with Gasteiger partial charge in [-0.25, -0.2) is 14.4 Å². The molecule has 1 aromatic heterocycles. The van der Waals surface area contributed by atoms with Crippen LogP contribution in [0, 0.1) is 11.2 Å². The molecule has 166 valence electrons. The van der Waals surface area contributed by atoms with Crippen molar-refractivity contribution < 1.29 is 13.9 Å². The Balaban J connectivity index is 1.36. The van der Waals surface area contributed by atoms with Crippen LogP contribution in [0.25, 0.3) is 0 Å². The summed E-state index contributed by atoms with van der Waals surface area (Å²) in [4.78, 5) is 15.8. The molecule has 3 fully saturated rings. The lowest BCUT2D eigenvalue weighted by Crippen LogP contribution is -2.35. The van der Waals surface area contributed by atoms with E-state index in [1.54, 1.807) is 24.7 Å². The lowest BCUT2D eigenvalue weighted by molar-refractivity contribution is 0.0339. The average molecular weight is 428 g/mol. The highest BCUT2D eigenvalue weighted by Crippen LogP contribution is 2.42.